The average Bonchev–Trinajstić information content (AvgIpc) is 3.42. The Hall–Kier alpha value is -2.91. The number of carbonyl (C=O) groups is 1. The monoisotopic (exact) mass is 567 g/mol. The van der Waals surface area contributed by atoms with Gasteiger partial charge in [0.05, 0.1) is 6.61 Å². The van der Waals surface area contributed by atoms with Crippen LogP contribution in [0.5, 0.6) is 0 Å². The van der Waals surface area contributed by atoms with Crippen LogP contribution in [0.4, 0.5) is 5.69 Å². The third-order valence-electron chi connectivity index (χ3n) is 6.52. The van der Waals surface area contributed by atoms with Gasteiger partial charge in [0.15, 0.2) is 0 Å². The van der Waals surface area contributed by atoms with Gasteiger partial charge in [0.2, 0.25) is 0 Å². The van der Waals surface area contributed by atoms with Crippen LogP contribution in [0.15, 0.2) is 54.1 Å². The van der Waals surface area contributed by atoms with Crippen molar-refractivity contribution >= 4 is 51.8 Å². The van der Waals surface area contributed by atoms with Gasteiger partial charge in [-0.05, 0) is 65.6 Å². The van der Waals surface area contributed by atoms with E-state index in [-0.39, 0.29) is 5.57 Å². The van der Waals surface area contributed by atoms with Gasteiger partial charge in [0.25, 0.3) is 5.91 Å². The maximum absolute atomic E-state index is 12.7. The zero-order valence-corrected chi connectivity index (χ0v) is 23.5. The fourth-order valence-corrected chi connectivity index (χ4v) is 6.28. The molecule has 8 nitrogen and oxygen atoms in total. The molecule has 0 unspecified atom stereocenters. The first-order valence-corrected chi connectivity index (χ1v) is 14.6. The molecule has 1 aliphatic heterocycles. The summed E-state index contributed by atoms with van der Waals surface area (Å²) >= 11 is 2.21. The topological polar surface area (TPSA) is 126 Å². The number of fused-ring (bicyclic) bond motifs is 1. The molecule has 1 saturated heterocycles. The summed E-state index contributed by atoms with van der Waals surface area (Å²) in [6, 6.07) is 18.6. The van der Waals surface area contributed by atoms with E-state index < -0.39 is 36.2 Å². The van der Waals surface area contributed by atoms with Crippen molar-refractivity contribution in [2.75, 3.05) is 24.6 Å². The highest BCUT2D eigenvalue weighted by molar-refractivity contribution is 7.95. The molecule has 1 fully saturated rings. The molecule has 0 saturated carbocycles. The molecule has 206 valence electrons. The minimum atomic E-state index is -1.36. The van der Waals surface area contributed by atoms with Gasteiger partial charge < -0.3 is 29.7 Å². The van der Waals surface area contributed by atoms with Crippen molar-refractivity contribution in [2.45, 2.75) is 50.4 Å². The number of thiophene rings is 1. The minimum absolute atomic E-state index is 0.135. The number of rotatable bonds is 10. The quantitative estimate of drug-likeness (QED) is 0.162. The molecule has 39 heavy (non-hydrogen) atoms. The van der Waals surface area contributed by atoms with E-state index in [9.17, 15) is 25.4 Å². The predicted molar refractivity (Wildman–Crippen MR) is 157 cm³/mol. The molecule has 0 spiro atoms. The molecule has 4 N–H and O–H groups in total. The lowest BCUT2D eigenvalue weighted by molar-refractivity contribution is -0.120. The number of benzene rings is 2. The molecule has 4 atom stereocenters. The highest BCUT2D eigenvalue weighted by Gasteiger charge is 2.40. The first kappa shape index (κ1) is 29.1. The molecule has 1 aliphatic rings. The maximum atomic E-state index is 12.7. The Morgan fingerprint density at radius 3 is 2.49 bits per heavy atom. The lowest BCUT2D eigenvalue weighted by Crippen LogP contribution is -2.55. The van der Waals surface area contributed by atoms with E-state index >= 15 is 0 Å². The minimum Gasteiger partial charge on any atom is -0.394 e. The zero-order valence-electron chi connectivity index (χ0n) is 21.9. The Bertz CT molecular complexity index is 1360. The number of aliphatic hydroxyl groups excluding tert-OH is 3. The van der Waals surface area contributed by atoms with Gasteiger partial charge in [-0.25, -0.2) is 0 Å². The van der Waals surface area contributed by atoms with Crippen molar-refractivity contribution in [2.24, 2.45) is 0 Å². The number of carbonyl (C=O) groups excluding carboxylic acids is 1. The third kappa shape index (κ3) is 6.81. The van der Waals surface area contributed by atoms with E-state index in [1.807, 2.05) is 18.2 Å². The smallest absolute Gasteiger partial charge is 0.263 e. The Balaban J connectivity index is 1.48. The molecule has 4 rings (SSSR count). The highest BCUT2D eigenvalue weighted by atomic mass is 32.2. The number of amides is 1. The van der Waals surface area contributed by atoms with Crippen LogP contribution in [0.1, 0.15) is 31.6 Å². The van der Waals surface area contributed by atoms with Gasteiger partial charge in [-0.2, -0.15) is 5.26 Å². The first-order valence-electron chi connectivity index (χ1n) is 13.0. The number of anilines is 1. The van der Waals surface area contributed by atoms with Crippen LogP contribution in [-0.2, 0) is 8.98 Å². The van der Waals surface area contributed by atoms with Crippen molar-refractivity contribution in [1.82, 2.24) is 5.32 Å². The van der Waals surface area contributed by atoms with Crippen LogP contribution >= 0.6 is 23.4 Å². The number of hydrogen-bond donors (Lipinski definition) is 4. The Kier molecular flexibility index (Phi) is 10.0. The summed E-state index contributed by atoms with van der Waals surface area (Å²) in [5, 5.41) is 42.9. The molecule has 10 heteroatoms. The van der Waals surface area contributed by atoms with Crippen LogP contribution in [0.2, 0.25) is 0 Å². The average molecular weight is 568 g/mol. The van der Waals surface area contributed by atoms with E-state index in [0.717, 1.165) is 58.7 Å². The van der Waals surface area contributed by atoms with Crippen molar-refractivity contribution < 1.29 is 24.3 Å². The number of nitrogens with one attached hydrogen (secondary N) is 1. The number of nitriles is 1. The normalized spacial score (nSPS) is 21.5. The largest absolute Gasteiger partial charge is 0.394 e. The molecule has 2 aromatic carbocycles. The maximum Gasteiger partial charge on any atom is 0.263 e. The second-order valence-electron chi connectivity index (χ2n) is 9.39. The summed E-state index contributed by atoms with van der Waals surface area (Å²) in [5.41, 5.74) is 2.15. The molecular formula is C29H33N3O5S2. The molecule has 0 bridgehead atoms. The van der Waals surface area contributed by atoms with Crippen LogP contribution in [0.25, 0.3) is 27.3 Å². The number of aliphatic hydroxyl groups is 3. The van der Waals surface area contributed by atoms with E-state index in [4.69, 9.17) is 4.18 Å². The van der Waals surface area contributed by atoms with Crippen molar-refractivity contribution in [1.29, 1.82) is 5.26 Å². The Morgan fingerprint density at radius 2 is 1.79 bits per heavy atom. The second kappa shape index (κ2) is 13.4. The molecule has 1 aromatic heterocycles. The van der Waals surface area contributed by atoms with E-state index in [1.165, 1.54) is 28.5 Å². The van der Waals surface area contributed by atoms with Crippen LogP contribution in [0, 0.1) is 11.3 Å². The Morgan fingerprint density at radius 1 is 1.08 bits per heavy atom. The molecule has 0 aliphatic carbocycles. The van der Waals surface area contributed by atoms with Crippen molar-refractivity contribution in [3.05, 3.63) is 59.0 Å². The Labute approximate surface area is 236 Å². The third-order valence-corrected chi connectivity index (χ3v) is 8.56. The standard InChI is InChI=1S/C29H33N3O5S2/c1-3-11-32(12-4-2)22-8-7-18-13-20(6-5-19(18)14-22)25-10-9-23(38-25)15-21(16-30)28(36)31-29-27(35)26(34)24(17-33)37-39-29/h5-10,13-15,24,26-27,29,33-35H,3-4,11-12,17H2,1-2H3,(H,31,36)/b21-15+/t24-,26-,27+,29+/m1/s1. The van der Waals surface area contributed by atoms with E-state index in [0.29, 0.717) is 0 Å². The van der Waals surface area contributed by atoms with Gasteiger partial charge in [0, 0.05) is 40.6 Å². The summed E-state index contributed by atoms with van der Waals surface area (Å²) < 4.78 is 5.22. The number of hydrogen-bond acceptors (Lipinski definition) is 9. The molecular weight excluding hydrogens is 534 g/mol. The SMILES string of the molecule is CCCN(CCC)c1ccc2cc(-c3ccc(/C=C(\C#N)C(=O)N[C@H]4SO[C@H](CO)[C@@H](O)[C@@H]4O)s3)ccc2c1. The van der Waals surface area contributed by atoms with Gasteiger partial charge in [-0.1, -0.05) is 32.0 Å². The predicted octanol–water partition coefficient (Wildman–Crippen LogP) is 4.31. The molecule has 1 amide bonds. The zero-order chi connectivity index (χ0) is 27.9. The first-order chi connectivity index (χ1) is 18.9. The number of nitrogens with zero attached hydrogens (tertiary/aromatic N) is 2. The lowest BCUT2D eigenvalue weighted by Gasteiger charge is -2.35. The molecule has 2 heterocycles. The fraction of sp³-hybridized carbons (Fsp3) is 0.379. The second-order valence-corrected chi connectivity index (χ2v) is 11.4. The van der Waals surface area contributed by atoms with Crippen LogP contribution in [-0.4, -0.2) is 64.6 Å². The van der Waals surface area contributed by atoms with E-state index in [2.05, 4.69) is 60.5 Å². The summed E-state index contributed by atoms with van der Waals surface area (Å²) in [5.74, 6) is -0.691. The summed E-state index contributed by atoms with van der Waals surface area (Å²) in [6.45, 7) is 5.99. The van der Waals surface area contributed by atoms with Gasteiger partial charge >= 0.3 is 0 Å². The fourth-order valence-electron chi connectivity index (χ4n) is 4.47. The summed E-state index contributed by atoms with van der Waals surface area (Å²) in [7, 11) is 0. The van der Waals surface area contributed by atoms with Crippen LogP contribution in [0.3, 0.4) is 0 Å². The van der Waals surface area contributed by atoms with E-state index in [1.54, 1.807) is 0 Å². The van der Waals surface area contributed by atoms with Gasteiger partial charge in [-0.3, -0.25) is 4.79 Å². The lowest BCUT2D eigenvalue weighted by atomic mass is 10.0. The summed E-state index contributed by atoms with van der Waals surface area (Å²) in [6.07, 6.45) is 0.0272. The van der Waals surface area contributed by atoms with Crippen molar-refractivity contribution in [3.8, 4) is 16.5 Å². The molecule has 3 aromatic rings. The summed E-state index contributed by atoms with van der Waals surface area (Å²) in [4.78, 5) is 16.9. The van der Waals surface area contributed by atoms with Crippen LogP contribution < -0.4 is 10.2 Å². The van der Waals surface area contributed by atoms with Gasteiger partial charge in [0.1, 0.15) is 35.3 Å². The highest BCUT2D eigenvalue weighted by Crippen LogP contribution is 2.33. The van der Waals surface area contributed by atoms with Gasteiger partial charge in [-0.15, -0.1) is 11.3 Å². The van der Waals surface area contributed by atoms with Crippen molar-refractivity contribution in [3.63, 3.8) is 0 Å². The molecule has 0 radical (unpaired) electrons.